The van der Waals surface area contributed by atoms with Crippen molar-refractivity contribution in [1.29, 1.82) is 0 Å². The summed E-state index contributed by atoms with van der Waals surface area (Å²) in [4.78, 5) is 13.2. The molecule has 1 aromatic heterocycles. The summed E-state index contributed by atoms with van der Waals surface area (Å²) >= 11 is 0. The molecule has 2 atom stereocenters. The molecule has 0 aliphatic carbocycles. The highest BCUT2D eigenvalue weighted by molar-refractivity contribution is 5.67. The molecule has 1 fully saturated rings. The number of hydrogen-bond donors (Lipinski definition) is 1. The Hall–Kier alpha value is -1.79. The van der Waals surface area contributed by atoms with Crippen LogP contribution in [0.4, 0.5) is 14.9 Å². The number of piperidine rings is 1. The van der Waals surface area contributed by atoms with Gasteiger partial charge in [-0.15, -0.1) is 0 Å². The van der Waals surface area contributed by atoms with Gasteiger partial charge in [-0.1, -0.05) is 13.3 Å². The number of rotatable bonds is 4. The number of nitrogens with two attached hydrogens (primary N) is 1. The molecule has 0 unspecified atom stereocenters. The van der Waals surface area contributed by atoms with Crippen LogP contribution in [0.3, 0.4) is 0 Å². The Morgan fingerprint density at radius 3 is 3.05 bits per heavy atom. The Balaban J connectivity index is 1.87. The standard InChI is InChI=1S/C13H21FN4O2/c1-2-3-6-20-13(19)17-5-4-12(11(14)9-17)18-8-10(15)7-16-18/h7-8,11-12H,2-6,9,15H2,1H3/t11-,12-/m0/s1. The number of nitrogens with zero attached hydrogens (tertiary/aromatic N) is 3. The van der Waals surface area contributed by atoms with Gasteiger partial charge in [0.05, 0.1) is 31.1 Å². The maximum Gasteiger partial charge on any atom is 0.409 e. The second-order valence-electron chi connectivity index (χ2n) is 5.04. The average Bonchev–Trinajstić information content (AvgIpc) is 2.85. The molecule has 6 nitrogen and oxygen atoms in total. The van der Waals surface area contributed by atoms with Crippen molar-refractivity contribution in [2.24, 2.45) is 0 Å². The second-order valence-corrected chi connectivity index (χ2v) is 5.04. The smallest absolute Gasteiger partial charge is 0.409 e. The Bertz CT molecular complexity index is 451. The lowest BCUT2D eigenvalue weighted by Gasteiger charge is -2.34. The molecule has 2 N–H and O–H groups in total. The molecular weight excluding hydrogens is 263 g/mol. The van der Waals surface area contributed by atoms with Crippen LogP contribution < -0.4 is 5.73 Å². The van der Waals surface area contributed by atoms with Crippen LogP contribution in [0, 0.1) is 0 Å². The molecule has 1 aliphatic heterocycles. The predicted molar refractivity (Wildman–Crippen MR) is 73.0 cm³/mol. The van der Waals surface area contributed by atoms with Crippen LogP contribution in [0.5, 0.6) is 0 Å². The Morgan fingerprint density at radius 2 is 2.45 bits per heavy atom. The molecule has 2 heterocycles. The van der Waals surface area contributed by atoms with Crippen molar-refractivity contribution in [1.82, 2.24) is 14.7 Å². The number of unbranched alkanes of at least 4 members (excludes halogenated alkanes) is 1. The Kier molecular flexibility index (Phi) is 4.81. The molecule has 0 aromatic carbocycles. The van der Waals surface area contributed by atoms with Crippen LogP contribution in [0.25, 0.3) is 0 Å². The van der Waals surface area contributed by atoms with Gasteiger partial charge in [-0.05, 0) is 12.8 Å². The third-order valence-electron chi connectivity index (χ3n) is 3.45. The van der Waals surface area contributed by atoms with Gasteiger partial charge < -0.3 is 15.4 Å². The lowest BCUT2D eigenvalue weighted by atomic mass is 10.0. The number of hydrogen-bond acceptors (Lipinski definition) is 4. The minimum atomic E-state index is -1.17. The lowest BCUT2D eigenvalue weighted by molar-refractivity contribution is 0.0547. The number of likely N-dealkylation sites (tertiary alicyclic amines) is 1. The summed E-state index contributed by atoms with van der Waals surface area (Å²) < 4.78 is 20.8. The summed E-state index contributed by atoms with van der Waals surface area (Å²) in [5.41, 5.74) is 6.10. The number of nitrogen functional groups attached to an aromatic ring is 1. The third kappa shape index (κ3) is 3.40. The van der Waals surface area contributed by atoms with Gasteiger partial charge in [-0.25, -0.2) is 9.18 Å². The third-order valence-corrected chi connectivity index (χ3v) is 3.45. The number of halogens is 1. The van der Waals surface area contributed by atoms with E-state index in [4.69, 9.17) is 10.5 Å². The van der Waals surface area contributed by atoms with Crippen molar-refractivity contribution in [3.8, 4) is 0 Å². The fourth-order valence-corrected chi connectivity index (χ4v) is 2.29. The molecule has 2 rings (SSSR count). The van der Waals surface area contributed by atoms with E-state index in [0.717, 1.165) is 12.8 Å². The van der Waals surface area contributed by atoms with E-state index in [1.807, 2.05) is 6.92 Å². The van der Waals surface area contributed by atoms with Gasteiger partial charge in [0.2, 0.25) is 0 Å². The first-order chi connectivity index (χ1) is 9.61. The van der Waals surface area contributed by atoms with Gasteiger partial charge in [-0.3, -0.25) is 4.68 Å². The second kappa shape index (κ2) is 6.58. The van der Waals surface area contributed by atoms with E-state index < -0.39 is 12.3 Å². The van der Waals surface area contributed by atoms with Crippen LogP contribution >= 0.6 is 0 Å². The fourth-order valence-electron chi connectivity index (χ4n) is 2.29. The summed E-state index contributed by atoms with van der Waals surface area (Å²) in [6, 6.07) is -0.369. The van der Waals surface area contributed by atoms with Crippen LogP contribution in [0.1, 0.15) is 32.2 Å². The first-order valence-electron chi connectivity index (χ1n) is 6.97. The average molecular weight is 284 g/mol. The highest BCUT2D eigenvalue weighted by Crippen LogP contribution is 2.26. The Labute approximate surface area is 117 Å². The van der Waals surface area contributed by atoms with E-state index >= 15 is 0 Å². The molecule has 7 heteroatoms. The van der Waals surface area contributed by atoms with Crippen molar-refractivity contribution < 1.29 is 13.9 Å². The minimum absolute atomic E-state index is 0.0371. The van der Waals surface area contributed by atoms with Gasteiger partial charge >= 0.3 is 6.09 Å². The number of aromatic nitrogens is 2. The van der Waals surface area contributed by atoms with E-state index in [1.165, 1.54) is 11.1 Å². The van der Waals surface area contributed by atoms with E-state index in [-0.39, 0.29) is 12.6 Å². The Morgan fingerprint density at radius 1 is 1.65 bits per heavy atom. The predicted octanol–water partition coefficient (Wildman–Crippen LogP) is 1.99. The summed E-state index contributed by atoms with van der Waals surface area (Å²) in [5, 5.41) is 4.04. The summed E-state index contributed by atoms with van der Waals surface area (Å²) in [7, 11) is 0. The van der Waals surface area contributed by atoms with Gasteiger partial charge in [0.15, 0.2) is 0 Å². The molecule has 112 valence electrons. The molecule has 0 bridgehead atoms. The number of amides is 1. The van der Waals surface area contributed by atoms with Crippen LogP contribution in [-0.2, 0) is 4.74 Å². The maximum atomic E-state index is 14.2. The van der Waals surface area contributed by atoms with E-state index in [1.54, 1.807) is 10.9 Å². The first kappa shape index (κ1) is 14.6. The first-order valence-corrected chi connectivity index (χ1v) is 6.97. The van der Waals surface area contributed by atoms with Crippen molar-refractivity contribution in [2.75, 3.05) is 25.4 Å². The highest BCUT2D eigenvalue weighted by atomic mass is 19.1. The van der Waals surface area contributed by atoms with Gasteiger partial charge in [0.25, 0.3) is 0 Å². The largest absolute Gasteiger partial charge is 0.449 e. The summed E-state index contributed by atoms with van der Waals surface area (Å²) in [6.45, 7) is 2.92. The SMILES string of the molecule is CCCCOC(=O)N1CC[C@H](n2cc(N)cn2)[C@@H](F)C1. The molecule has 1 amide bonds. The summed E-state index contributed by atoms with van der Waals surface area (Å²) in [5.74, 6) is 0. The number of carbonyl (C=O) groups is 1. The number of carbonyl (C=O) groups excluding carboxylic acids is 1. The lowest BCUT2D eigenvalue weighted by Crippen LogP contribution is -2.46. The zero-order chi connectivity index (χ0) is 14.5. The normalized spacial score (nSPS) is 22.8. The van der Waals surface area contributed by atoms with E-state index in [9.17, 15) is 9.18 Å². The molecule has 1 aromatic rings. The zero-order valence-corrected chi connectivity index (χ0v) is 11.7. The van der Waals surface area contributed by atoms with Gasteiger partial charge in [-0.2, -0.15) is 5.10 Å². The minimum Gasteiger partial charge on any atom is -0.449 e. The topological polar surface area (TPSA) is 73.4 Å². The van der Waals surface area contributed by atoms with Crippen molar-refractivity contribution in [3.05, 3.63) is 12.4 Å². The van der Waals surface area contributed by atoms with Crippen LogP contribution in [0.2, 0.25) is 0 Å². The van der Waals surface area contributed by atoms with E-state index in [0.29, 0.717) is 25.3 Å². The fraction of sp³-hybridized carbons (Fsp3) is 0.692. The van der Waals surface area contributed by atoms with Gasteiger partial charge in [0.1, 0.15) is 6.17 Å². The van der Waals surface area contributed by atoms with Gasteiger partial charge in [0, 0.05) is 12.7 Å². The summed E-state index contributed by atoms with van der Waals surface area (Å²) in [6.07, 6.45) is 3.81. The molecule has 0 spiro atoms. The molecular formula is C13H21FN4O2. The van der Waals surface area contributed by atoms with Crippen molar-refractivity contribution in [3.63, 3.8) is 0 Å². The molecule has 0 radical (unpaired) electrons. The zero-order valence-electron chi connectivity index (χ0n) is 11.7. The maximum absolute atomic E-state index is 14.2. The van der Waals surface area contributed by atoms with Crippen LogP contribution in [-0.4, -0.2) is 46.6 Å². The van der Waals surface area contributed by atoms with Crippen molar-refractivity contribution >= 4 is 11.8 Å². The molecule has 20 heavy (non-hydrogen) atoms. The molecule has 1 aliphatic rings. The van der Waals surface area contributed by atoms with Crippen LogP contribution in [0.15, 0.2) is 12.4 Å². The van der Waals surface area contributed by atoms with E-state index in [2.05, 4.69) is 5.10 Å². The quantitative estimate of drug-likeness (QED) is 0.858. The number of anilines is 1. The molecule has 0 saturated carbocycles. The number of ether oxygens (including phenoxy) is 1. The number of alkyl halides is 1. The monoisotopic (exact) mass is 284 g/mol. The molecule has 1 saturated heterocycles. The highest BCUT2D eigenvalue weighted by Gasteiger charge is 2.33. The van der Waals surface area contributed by atoms with Crippen molar-refractivity contribution in [2.45, 2.75) is 38.4 Å².